The van der Waals surface area contributed by atoms with Crippen LogP contribution in [-0.4, -0.2) is 53.9 Å². The lowest BCUT2D eigenvalue weighted by Crippen LogP contribution is -2.48. The molecule has 3 atom stereocenters. The molecule has 23 heavy (non-hydrogen) atoms. The fourth-order valence-electron chi connectivity index (χ4n) is 3.75. The van der Waals surface area contributed by atoms with Crippen LogP contribution >= 0.6 is 0 Å². The minimum absolute atomic E-state index is 0.0352. The standard InChI is InChI=1S/C18H27N3O2/c1-14(22)12-17-8-5-10-21(17)18(23)19-15-9-11-20(13-15)16-6-3-2-4-7-16/h2-4,6-7,14-15,17,22H,5,8-13H2,1H3,(H,19,23). The van der Waals surface area contributed by atoms with E-state index >= 15 is 0 Å². The number of anilines is 1. The molecule has 126 valence electrons. The highest BCUT2D eigenvalue weighted by Gasteiger charge is 2.32. The molecule has 0 radical (unpaired) electrons. The largest absolute Gasteiger partial charge is 0.393 e. The van der Waals surface area contributed by atoms with Gasteiger partial charge in [0, 0.05) is 37.4 Å². The average Bonchev–Trinajstić information content (AvgIpc) is 3.17. The Bertz CT molecular complexity index is 520. The SMILES string of the molecule is CC(O)CC1CCCN1C(=O)NC1CCN(c2ccccc2)C1. The summed E-state index contributed by atoms with van der Waals surface area (Å²) >= 11 is 0. The van der Waals surface area contributed by atoms with Crippen molar-refractivity contribution in [3.05, 3.63) is 30.3 Å². The van der Waals surface area contributed by atoms with Crippen LogP contribution in [0.15, 0.2) is 30.3 Å². The van der Waals surface area contributed by atoms with Crippen LogP contribution in [-0.2, 0) is 0 Å². The molecule has 3 rings (SSSR count). The molecule has 2 saturated heterocycles. The Morgan fingerprint density at radius 2 is 2.09 bits per heavy atom. The van der Waals surface area contributed by atoms with Crippen LogP contribution in [0, 0.1) is 0 Å². The Balaban J connectivity index is 1.53. The van der Waals surface area contributed by atoms with Crippen LogP contribution < -0.4 is 10.2 Å². The van der Waals surface area contributed by atoms with Gasteiger partial charge >= 0.3 is 6.03 Å². The number of rotatable bonds is 4. The highest BCUT2D eigenvalue weighted by atomic mass is 16.3. The fourth-order valence-corrected chi connectivity index (χ4v) is 3.75. The van der Waals surface area contributed by atoms with Gasteiger partial charge in [0.1, 0.15) is 0 Å². The molecule has 1 aromatic carbocycles. The summed E-state index contributed by atoms with van der Waals surface area (Å²) in [7, 11) is 0. The topological polar surface area (TPSA) is 55.8 Å². The van der Waals surface area contributed by atoms with Gasteiger partial charge in [-0.05, 0) is 44.7 Å². The molecule has 5 heteroatoms. The zero-order valence-electron chi connectivity index (χ0n) is 13.8. The molecule has 3 unspecified atom stereocenters. The van der Waals surface area contributed by atoms with Crippen LogP contribution in [0.3, 0.4) is 0 Å². The number of nitrogens with one attached hydrogen (secondary N) is 1. The molecule has 2 N–H and O–H groups in total. The molecule has 0 bridgehead atoms. The van der Waals surface area contributed by atoms with Crippen molar-refractivity contribution < 1.29 is 9.90 Å². The number of amides is 2. The van der Waals surface area contributed by atoms with Gasteiger partial charge in [0.15, 0.2) is 0 Å². The van der Waals surface area contributed by atoms with Crippen molar-refractivity contribution in [3.8, 4) is 0 Å². The second-order valence-corrected chi connectivity index (χ2v) is 6.79. The Morgan fingerprint density at radius 3 is 2.83 bits per heavy atom. The lowest BCUT2D eigenvalue weighted by Gasteiger charge is -2.27. The number of para-hydroxylation sites is 1. The van der Waals surface area contributed by atoms with Gasteiger partial charge < -0.3 is 20.2 Å². The van der Waals surface area contributed by atoms with Crippen LogP contribution in [0.4, 0.5) is 10.5 Å². The highest BCUT2D eigenvalue weighted by molar-refractivity contribution is 5.75. The summed E-state index contributed by atoms with van der Waals surface area (Å²) in [6.45, 7) is 4.44. The fraction of sp³-hybridized carbons (Fsp3) is 0.611. The summed E-state index contributed by atoms with van der Waals surface area (Å²) in [6, 6.07) is 10.8. The normalized spacial score (nSPS) is 25.7. The Labute approximate surface area is 138 Å². The van der Waals surface area contributed by atoms with E-state index in [2.05, 4.69) is 22.3 Å². The number of urea groups is 1. The number of aliphatic hydroxyl groups excluding tert-OH is 1. The molecule has 2 heterocycles. The van der Waals surface area contributed by atoms with E-state index in [-0.39, 0.29) is 24.2 Å². The first kappa shape index (κ1) is 16.1. The van der Waals surface area contributed by atoms with E-state index in [4.69, 9.17) is 0 Å². The van der Waals surface area contributed by atoms with E-state index < -0.39 is 0 Å². The Hall–Kier alpha value is -1.75. The maximum atomic E-state index is 12.6. The van der Waals surface area contributed by atoms with Gasteiger partial charge in [-0.15, -0.1) is 0 Å². The molecule has 0 aromatic heterocycles. The van der Waals surface area contributed by atoms with Crippen molar-refractivity contribution in [1.82, 2.24) is 10.2 Å². The minimum Gasteiger partial charge on any atom is -0.393 e. The van der Waals surface area contributed by atoms with E-state index in [1.807, 2.05) is 23.1 Å². The number of carbonyl (C=O) groups is 1. The highest BCUT2D eigenvalue weighted by Crippen LogP contribution is 2.23. The molecule has 5 nitrogen and oxygen atoms in total. The molecular formula is C18H27N3O2. The van der Waals surface area contributed by atoms with Gasteiger partial charge in [0.25, 0.3) is 0 Å². The number of benzene rings is 1. The van der Waals surface area contributed by atoms with Crippen molar-refractivity contribution in [3.63, 3.8) is 0 Å². The zero-order valence-corrected chi connectivity index (χ0v) is 13.8. The smallest absolute Gasteiger partial charge is 0.317 e. The maximum Gasteiger partial charge on any atom is 0.317 e. The second-order valence-electron chi connectivity index (χ2n) is 6.79. The first-order valence-electron chi connectivity index (χ1n) is 8.68. The van der Waals surface area contributed by atoms with Crippen LogP contribution in [0.5, 0.6) is 0 Å². The number of hydrogen-bond acceptors (Lipinski definition) is 3. The molecule has 0 spiro atoms. The van der Waals surface area contributed by atoms with Crippen LogP contribution in [0.25, 0.3) is 0 Å². The van der Waals surface area contributed by atoms with Gasteiger partial charge in [-0.1, -0.05) is 18.2 Å². The molecule has 2 amide bonds. The molecule has 1 aromatic rings. The molecular weight excluding hydrogens is 290 g/mol. The van der Waals surface area contributed by atoms with Gasteiger partial charge in [-0.3, -0.25) is 0 Å². The summed E-state index contributed by atoms with van der Waals surface area (Å²) < 4.78 is 0. The predicted octanol–water partition coefficient (Wildman–Crippen LogP) is 2.21. The lowest BCUT2D eigenvalue weighted by molar-refractivity contribution is 0.137. The van der Waals surface area contributed by atoms with E-state index in [0.717, 1.165) is 38.9 Å². The molecule has 2 aliphatic rings. The summed E-state index contributed by atoms with van der Waals surface area (Å²) in [5, 5.41) is 12.8. The van der Waals surface area contributed by atoms with Crippen LogP contribution in [0.2, 0.25) is 0 Å². The molecule has 0 aliphatic carbocycles. The summed E-state index contributed by atoms with van der Waals surface area (Å²) in [4.78, 5) is 16.8. The van der Waals surface area contributed by atoms with Crippen molar-refractivity contribution >= 4 is 11.7 Å². The summed E-state index contributed by atoms with van der Waals surface area (Å²) in [6.07, 6.45) is 3.34. The monoisotopic (exact) mass is 317 g/mol. The number of hydrogen-bond donors (Lipinski definition) is 2. The number of carbonyl (C=O) groups excluding carboxylic acids is 1. The third-order valence-corrected chi connectivity index (χ3v) is 4.89. The number of likely N-dealkylation sites (tertiary alicyclic amines) is 1. The number of nitrogens with zero attached hydrogens (tertiary/aromatic N) is 2. The van der Waals surface area contributed by atoms with E-state index in [1.165, 1.54) is 5.69 Å². The zero-order chi connectivity index (χ0) is 16.2. The maximum absolute atomic E-state index is 12.6. The predicted molar refractivity (Wildman–Crippen MR) is 91.6 cm³/mol. The minimum atomic E-state index is -0.353. The number of aliphatic hydroxyl groups is 1. The lowest BCUT2D eigenvalue weighted by atomic mass is 10.1. The quantitative estimate of drug-likeness (QED) is 0.895. The van der Waals surface area contributed by atoms with Crippen LogP contribution in [0.1, 0.15) is 32.6 Å². The summed E-state index contributed by atoms with van der Waals surface area (Å²) in [5.41, 5.74) is 1.22. The van der Waals surface area contributed by atoms with E-state index in [9.17, 15) is 9.90 Å². The molecule has 2 fully saturated rings. The van der Waals surface area contributed by atoms with Gasteiger partial charge in [0.05, 0.1) is 6.10 Å². The van der Waals surface area contributed by atoms with Crippen molar-refractivity contribution in [2.24, 2.45) is 0 Å². The third kappa shape index (κ3) is 3.96. The Morgan fingerprint density at radius 1 is 1.30 bits per heavy atom. The van der Waals surface area contributed by atoms with Crippen molar-refractivity contribution in [2.75, 3.05) is 24.5 Å². The van der Waals surface area contributed by atoms with E-state index in [1.54, 1.807) is 6.92 Å². The second kappa shape index (κ2) is 7.21. The summed E-state index contributed by atoms with van der Waals surface area (Å²) in [5.74, 6) is 0. The van der Waals surface area contributed by atoms with Gasteiger partial charge in [-0.2, -0.15) is 0 Å². The molecule has 2 aliphatic heterocycles. The van der Waals surface area contributed by atoms with Crippen molar-refractivity contribution in [2.45, 2.75) is 50.8 Å². The average molecular weight is 317 g/mol. The van der Waals surface area contributed by atoms with E-state index in [0.29, 0.717) is 6.42 Å². The van der Waals surface area contributed by atoms with Crippen molar-refractivity contribution in [1.29, 1.82) is 0 Å². The van der Waals surface area contributed by atoms with Gasteiger partial charge in [0.2, 0.25) is 0 Å². The Kier molecular flexibility index (Phi) is 5.06. The first-order chi connectivity index (χ1) is 11.1. The van der Waals surface area contributed by atoms with Gasteiger partial charge in [-0.25, -0.2) is 4.79 Å². The first-order valence-corrected chi connectivity index (χ1v) is 8.68. The molecule has 0 saturated carbocycles. The third-order valence-electron chi connectivity index (χ3n) is 4.89.